The molecule has 0 aromatic carbocycles. The minimum Gasteiger partial charge on any atom is -0.293 e. The van der Waals surface area contributed by atoms with Gasteiger partial charge in [-0.25, -0.2) is 0 Å². The first-order chi connectivity index (χ1) is 7.80. The molecule has 0 radical (unpaired) electrons. The Bertz CT molecular complexity index is 577. The lowest BCUT2D eigenvalue weighted by molar-refractivity contribution is 0.395. The normalized spacial score (nSPS) is 12.1. The average molecular weight is 251 g/mol. The van der Waals surface area contributed by atoms with E-state index in [4.69, 9.17) is 12.2 Å². The maximum absolute atomic E-state index is 5.27. The van der Waals surface area contributed by atoms with Crippen LogP contribution in [0.3, 0.4) is 0 Å². The largest absolute Gasteiger partial charge is 0.293 e. The summed E-state index contributed by atoms with van der Waals surface area (Å²) in [5, 5.41) is 11.5. The summed E-state index contributed by atoms with van der Waals surface area (Å²) in [7, 11) is 1.92. The molecule has 0 saturated carbocycles. The second-order valence-corrected chi connectivity index (χ2v) is 5.54. The number of H-pyrrole nitrogens is 1. The first kappa shape index (κ1) is 12.0. The molecule has 0 amide bonds. The molecular formula is C11H17N5S. The van der Waals surface area contributed by atoms with Crippen LogP contribution in [-0.4, -0.2) is 24.5 Å². The molecule has 0 bridgehead atoms. The summed E-state index contributed by atoms with van der Waals surface area (Å²) in [5.41, 5.74) is 1.81. The molecule has 92 valence electrons. The van der Waals surface area contributed by atoms with E-state index in [1.54, 1.807) is 0 Å². The zero-order valence-electron chi connectivity index (χ0n) is 10.8. The molecule has 0 aliphatic heterocycles. The van der Waals surface area contributed by atoms with Crippen molar-refractivity contribution < 1.29 is 0 Å². The quantitative estimate of drug-likeness (QED) is 0.792. The number of aryl methyl sites for hydroxylation is 2. The first-order valence-electron chi connectivity index (χ1n) is 5.49. The Labute approximate surface area is 105 Å². The van der Waals surface area contributed by atoms with E-state index in [9.17, 15) is 0 Å². The fourth-order valence-corrected chi connectivity index (χ4v) is 2.17. The predicted molar refractivity (Wildman–Crippen MR) is 69.3 cm³/mol. The summed E-state index contributed by atoms with van der Waals surface area (Å²) in [4.78, 5) is 0. The summed E-state index contributed by atoms with van der Waals surface area (Å²) in [6, 6.07) is 2.01. The Balaban J connectivity index is 2.65. The topological polar surface area (TPSA) is 51.4 Å². The Kier molecular flexibility index (Phi) is 2.69. The van der Waals surface area contributed by atoms with Crippen LogP contribution >= 0.6 is 12.2 Å². The van der Waals surface area contributed by atoms with Crippen molar-refractivity contribution in [2.24, 2.45) is 7.05 Å². The van der Waals surface area contributed by atoms with Crippen LogP contribution in [0.2, 0.25) is 0 Å². The molecule has 2 aromatic rings. The van der Waals surface area contributed by atoms with Gasteiger partial charge in [0, 0.05) is 18.3 Å². The lowest BCUT2D eigenvalue weighted by atomic mass is 10.1. The van der Waals surface area contributed by atoms with Gasteiger partial charge in [-0.15, -0.1) is 0 Å². The fourth-order valence-electron chi connectivity index (χ4n) is 1.76. The van der Waals surface area contributed by atoms with E-state index in [0.717, 1.165) is 17.2 Å². The maximum atomic E-state index is 5.27. The van der Waals surface area contributed by atoms with E-state index in [0.29, 0.717) is 4.77 Å². The molecule has 2 aromatic heterocycles. The smallest absolute Gasteiger partial charge is 0.195 e. The van der Waals surface area contributed by atoms with E-state index in [-0.39, 0.29) is 5.54 Å². The Hall–Kier alpha value is -1.43. The third-order valence-corrected chi connectivity index (χ3v) is 2.96. The molecular weight excluding hydrogens is 234 g/mol. The van der Waals surface area contributed by atoms with Crippen molar-refractivity contribution in [3.05, 3.63) is 16.5 Å². The highest BCUT2D eigenvalue weighted by Crippen LogP contribution is 2.23. The number of aromatic nitrogens is 5. The van der Waals surface area contributed by atoms with Crippen molar-refractivity contribution in [2.75, 3.05) is 0 Å². The van der Waals surface area contributed by atoms with Crippen LogP contribution in [0.5, 0.6) is 0 Å². The van der Waals surface area contributed by atoms with Crippen LogP contribution in [0.15, 0.2) is 6.07 Å². The molecule has 5 nitrogen and oxygen atoms in total. The van der Waals surface area contributed by atoms with Gasteiger partial charge in [0.2, 0.25) is 0 Å². The summed E-state index contributed by atoms with van der Waals surface area (Å²) in [6.07, 6.45) is 0. The number of rotatable bonds is 1. The standard InChI is InChI=1S/C11H17N5S/c1-7-6-8(14-15(7)5)9-12-13-10(17)16(9)11(2,3)4/h6H,1-5H3,(H,13,17). The predicted octanol–water partition coefficient (Wildman–Crippen LogP) is 2.40. The highest BCUT2D eigenvalue weighted by Gasteiger charge is 2.21. The Morgan fingerprint density at radius 2 is 2.00 bits per heavy atom. The lowest BCUT2D eigenvalue weighted by Crippen LogP contribution is -2.23. The highest BCUT2D eigenvalue weighted by molar-refractivity contribution is 7.71. The third-order valence-electron chi connectivity index (χ3n) is 2.69. The van der Waals surface area contributed by atoms with Gasteiger partial charge in [0.15, 0.2) is 10.6 Å². The molecule has 0 fully saturated rings. The zero-order chi connectivity index (χ0) is 12.8. The van der Waals surface area contributed by atoms with Gasteiger partial charge >= 0.3 is 0 Å². The van der Waals surface area contributed by atoms with Gasteiger partial charge in [-0.2, -0.15) is 10.2 Å². The van der Waals surface area contributed by atoms with Crippen molar-refractivity contribution in [3.8, 4) is 11.5 Å². The number of nitrogens with zero attached hydrogens (tertiary/aromatic N) is 4. The molecule has 2 heterocycles. The number of hydrogen-bond acceptors (Lipinski definition) is 3. The molecule has 0 aliphatic carbocycles. The molecule has 17 heavy (non-hydrogen) atoms. The maximum Gasteiger partial charge on any atom is 0.195 e. The average Bonchev–Trinajstić information content (AvgIpc) is 2.70. The van der Waals surface area contributed by atoms with E-state index >= 15 is 0 Å². The van der Waals surface area contributed by atoms with Crippen LogP contribution in [0, 0.1) is 11.7 Å². The van der Waals surface area contributed by atoms with Crippen molar-refractivity contribution in [1.29, 1.82) is 0 Å². The van der Waals surface area contributed by atoms with Gasteiger partial charge in [-0.3, -0.25) is 14.3 Å². The van der Waals surface area contributed by atoms with Gasteiger partial charge in [0.25, 0.3) is 0 Å². The van der Waals surface area contributed by atoms with E-state index in [2.05, 4.69) is 36.1 Å². The lowest BCUT2D eigenvalue weighted by Gasteiger charge is -2.21. The first-order valence-corrected chi connectivity index (χ1v) is 5.90. The molecule has 0 aliphatic rings. The number of aromatic amines is 1. The van der Waals surface area contributed by atoms with Crippen molar-refractivity contribution in [1.82, 2.24) is 24.5 Å². The van der Waals surface area contributed by atoms with Gasteiger partial charge in [-0.05, 0) is 46.0 Å². The molecule has 0 atom stereocenters. The number of hydrogen-bond donors (Lipinski definition) is 1. The molecule has 0 unspecified atom stereocenters. The minimum absolute atomic E-state index is 0.120. The highest BCUT2D eigenvalue weighted by atomic mass is 32.1. The van der Waals surface area contributed by atoms with E-state index in [1.165, 1.54) is 0 Å². The monoisotopic (exact) mass is 251 g/mol. The van der Waals surface area contributed by atoms with Gasteiger partial charge in [-0.1, -0.05) is 0 Å². The van der Waals surface area contributed by atoms with Crippen LogP contribution in [-0.2, 0) is 12.6 Å². The van der Waals surface area contributed by atoms with Crippen molar-refractivity contribution in [3.63, 3.8) is 0 Å². The summed E-state index contributed by atoms with van der Waals surface area (Å²) in [5.74, 6) is 0.784. The molecule has 6 heteroatoms. The van der Waals surface area contributed by atoms with Gasteiger partial charge in [0.1, 0.15) is 5.69 Å². The number of nitrogens with one attached hydrogen (secondary N) is 1. The molecule has 2 rings (SSSR count). The second-order valence-electron chi connectivity index (χ2n) is 5.15. The van der Waals surface area contributed by atoms with Crippen LogP contribution < -0.4 is 0 Å². The second kappa shape index (κ2) is 3.80. The summed E-state index contributed by atoms with van der Waals surface area (Å²) >= 11 is 5.27. The summed E-state index contributed by atoms with van der Waals surface area (Å²) in [6.45, 7) is 8.30. The minimum atomic E-state index is -0.120. The van der Waals surface area contributed by atoms with Gasteiger partial charge < -0.3 is 0 Å². The van der Waals surface area contributed by atoms with Crippen LogP contribution in [0.1, 0.15) is 26.5 Å². The van der Waals surface area contributed by atoms with Crippen LogP contribution in [0.25, 0.3) is 11.5 Å². The molecule has 1 N–H and O–H groups in total. The Morgan fingerprint density at radius 3 is 2.47 bits per heavy atom. The summed E-state index contributed by atoms with van der Waals surface area (Å²) < 4.78 is 4.44. The van der Waals surface area contributed by atoms with Gasteiger partial charge in [0.05, 0.1) is 0 Å². The van der Waals surface area contributed by atoms with E-state index in [1.807, 2.05) is 29.3 Å². The molecule has 0 spiro atoms. The van der Waals surface area contributed by atoms with Crippen LogP contribution in [0.4, 0.5) is 0 Å². The fraction of sp³-hybridized carbons (Fsp3) is 0.545. The van der Waals surface area contributed by atoms with Crippen molar-refractivity contribution >= 4 is 12.2 Å². The van der Waals surface area contributed by atoms with Crippen molar-refractivity contribution in [2.45, 2.75) is 33.2 Å². The SMILES string of the molecule is Cc1cc(-c2n[nH]c(=S)n2C(C)(C)C)nn1C. The molecule has 0 saturated heterocycles. The third kappa shape index (κ3) is 2.04. The van der Waals surface area contributed by atoms with E-state index < -0.39 is 0 Å². The zero-order valence-corrected chi connectivity index (χ0v) is 11.6. The Morgan fingerprint density at radius 1 is 1.35 bits per heavy atom.